The quantitative estimate of drug-likeness (QED) is 0.453. The molecule has 0 aromatic heterocycles. The van der Waals surface area contributed by atoms with Crippen LogP contribution in [-0.4, -0.2) is 18.4 Å². The number of fused-ring (bicyclic) bond motifs is 1. The summed E-state index contributed by atoms with van der Waals surface area (Å²) in [5, 5.41) is 7.43. The van der Waals surface area contributed by atoms with Crippen LogP contribution in [0.25, 0.3) is 0 Å². The molecule has 2 amide bonds. The Hall–Kier alpha value is -2.44. The first-order chi connectivity index (χ1) is 10.0. The Morgan fingerprint density at radius 3 is 2.62 bits per heavy atom. The normalized spacial score (nSPS) is 16.0. The maximum Gasteiger partial charge on any atom is 0.262 e. The molecule has 0 saturated carbocycles. The van der Waals surface area contributed by atoms with Crippen molar-refractivity contribution in [1.29, 1.82) is 0 Å². The first-order valence-corrected chi connectivity index (χ1v) is 6.58. The number of rotatable bonds is 4. The van der Waals surface area contributed by atoms with Gasteiger partial charge in [-0.15, -0.1) is 0 Å². The fourth-order valence-electron chi connectivity index (χ4n) is 1.86. The van der Waals surface area contributed by atoms with Crippen LogP contribution in [0.4, 0.5) is 20.2 Å². The molecule has 0 spiro atoms. The number of carbonyl (C=O) groups is 2. The largest absolute Gasteiger partial charge is 0.390 e. The van der Waals surface area contributed by atoms with Gasteiger partial charge in [0.2, 0.25) is 0 Å². The summed E-state index contributed by atoms with van der Waals surface area (Å²) >= 11 is 0. The summed E-state index contributed by atoms with van der Waals surface area (Å²) in [5.41, 5.74) is -0.545. The van der Waals surface area contributed by atoms with Crippen LogP contribution in [-0.2, 0) is 9.59 Å². The predicted octanol–water partition coefficient (Wildman–Crippen LogP) is 2.13. The van der Waals surface area contributed by atoms with Gasteiger partial charge < -0.3 is 16.0 Å². The second kappa shape index (κ2) is 6.34. The number of amides is 2. The highest BCUT2D eigenvalue weighted by Gasteiger charge is 2.26. The molecule has 0 saturated heterocycles. The van der Waals surface area contributed by atoms with Crippen LogP contribution in [0.15, 0.2) is 23.9 Å². The molecule has 1 aromatic rings. The van der Waals surface area contributed by atoms with Crippen molar-refractivity contribution in [3.8, 4) is 0 Å². The van der Waals surface area contributed by atoms with Crippen molar-refractivity contribution in [2.24, 2.45) is 0 Å². The average molecular weight is 295 g/mol. The first kappa shape index (κ1) is 15.0. The van der Waals surface area contributed by atoms with Crippen LogP contribution < -0.4 is 16.0 Å². The van der Waals surface area contributed by atoms with Gasteiger partial charge in [0.05, 0.1) is 5.69 Å². The van der Waals surface area contributed by atoms with Crippen molar-refractivity contribution in [2.45, 2.75) is 19.8 Å². The van der Waals surface area contributed by atoms with Gasteiger partial charge in [0.1, 0.15) is 17.1 Å². The Bertz CT molecular complexity index is 614. The van der Waals surface area contributed by atoms with Gasteiger partial charge in [-0.25, -0.2) is 8.78 Å². The molecule has 1 aliphatic rings. The first-order valence-electron chi connectivity index (χ1n) is 6.58. The van der Waals surface area contributed by atoms with E-state index in [4.69, 9.17) is 0 Å². The molecular weight excluding hydrogens is 280 g/mol. The Kier molecular flexibility index (Phi) is 4.52. The Balaban J connectivity index is 2.27. The third-order valence-corrected chi connectivity index (χ3v) is 2.95. The number of benzene rings is 1. The third-order valence-electron chi connectivity index (χ3n) is 2.95. The molecule has 1 aromatic carbocycles. The highest BCUT2D eigenvalue weighted by molar-refractivity contribution is 6.29. The number of hydrogen-bond acceptors (Lipinski definition) is 3. The number of hydrogen-bond donors (Lipinski definition) is 3. The molecule has 0 aliphatic carbocycles. The van der Waals surface area contributed by atoms with Crippen LogP contribution in [0.3, 0.4) is 0 Å². The van der Waals surface area contributed by atoms with Crippen LogP contribution >= 0.6 is 0 Å². The summed E-state index contributed by atoms with van der Waals surface area (Å²) in [6, 6.07) is 1.59. The Morgan fingerprint density at radius 1 is 1.19 bits per heavy atom. The van der Waals surface area contributed by atoms with E-state index in [2.05, 4.69) is 16.0 Å². The van der Waals surface area contributed by atoms with Gasteiger partial charge in [0.25, 0.3) is 11.8 Å². The maximum atomic E-state index is 13.7. The molecule has 112 valence electrons. The topological polar surface area (TPSA) is 70.2 Å². The number of nitrogens with one attached hydrogen (secondary N) is 3. The van der Waals surface area contributed by atoms with Gasteiger partial charge in [0, 0.05) is 18.8 Å². The van der Waals surface area contributed by atoms with E-state index in [9.17, 15) is 18.4 Å². The summed E-state index contributed by atoms with van der Waals surface area (Å²) in [6.07, 6.45) is 3.12. The SMILES string of the molecule is CCCCNC=C1C(=O)Nc2cc(F)cc(F)c2NC1=O. The number of unbranched alkanes of at least 4 members (excludes halogenated alkanes) is 1. The Labute approximate surface area is 120 Å². The second-order valence-electron chi connectivity index (χ2n) is 4.58. The fourth-order valence-corrected chi connectivity index (χ4v) is 1.86. The molecule has 0 unspecified atom stereocenters. The summed E-state index contributed by atoms with van der Waals surface area (Å²) in [6.45, 7) is 2.62. The van der Waals surface area contributed by atoms with Crippen molar-refractivity contribution in [3.63, 3.8) is 0 Å². The minimum absolute atomic E-state index is 0.109. The zero-order valence-electron chi connectivity index (χ0n) is 11.4. The number of halogens is 2. The molecule has 7 heteroatoms. The monoisotopic (exact) mass is 295 g/mol. The van der Waals surface area contributed by atoms with Crippen molar-refractivity contribution >= 4 is 23.2 Å². The van der Waals surface area contributed by atoms with Gasteiger partial charge in [-0.1, -0.05) is 13.3 Å². The van der Waals surface area contributed by atoms with E-state index < -0.39 is 23.4 Å². The lowest BCUT2D eigenvalue weighted by Gasteiger charge is -2.07. The second-order valence-corrected chi connectivity index (χ2v) is 4.58. The molecule has 1 heterocycles. The molecule has 3 N–H and O–H groups in total. The minimum atomic E-state index is -0.946. The highest BCUT2D eigenvalue weighted by Crippen LogP contribution is 2.29. The van der Waals surface area contributed by atoms with E-state index >= 15 is 0 Å². The zero-order chi connectivity index (χ0) is 15.4. The minimum Gasteiger partial charge on any atom is -0.390 e. The van der Waals surface area contributed by atoms with E-state index in [0.29, 0.717) is 12.6 Å². The van der Waals surface area contributed by atoms with Crippen LogP contribution in [0.1, 0.15) is 19.8 Å². The molecular formula is C14H15F2N3O2. The standard InChI is InChI=1S/C14H15F2N3O2/c1-2-3-4-17-7-9-13(20)18-11-6-8(15)5-10(16)12(11)19-14(9)21/h5-7,17H,2-4H2,1H3,(H,18,20)(H,19,21). The van der Waals surface area contributed by atoms with Crippen molar-refractivity contribution < 1.29 is 18.4 Å². The van der Waals surface area contributed by atoms with E-state index in [1.165, 1.54) is 6.20 Å². The number of carbonyl (C=O) groups excluding carboxylic acids is 2. The number of anilines is 2. The zero-order valence-corrected chi connectivity index (χ0v) is 11.4. The molecule has 0 radical (unpaired) electrons. The van der Waals surface area contributed by atoms with Crippen LogP contribution in [0.2, 0.25) is 0 Å². The molecule has 21 heavy (non-hydrogen) atoms. The van der Waals surface area contributed by atoms with Gasteiger partial charge in [-0.05, 0) is 12.5 Å². The predicted molar refractivity (Wildman–Crippen MR) is 74.6 cm³/mol. The van der Waals surface area contributed by atoms with Gasteiger partial charge in [0.15, 0.2) is 5.82 Å². The van der Waals surface area contributed by atoms with Crippen molar-refractivity contribution in [2.75, 3.05) is 17.2 Å². The molecule has 1 aliphatic heterocycles. The van der Waals surface area contributed by atoms with Crippen molar-refractivity contribution in [1.82, 2.24) is 5.32 Å². The highest BCUT2D eigenvalue weighted by atomic mass is 19.1. The summed E-state index contributed by atoms with van der Waals surface area (Å²) in [4.78, 5) is 23.9. The summed E-state index contributed by atoms with van der Waals surface area (Å²) in [7, 11) is 0. The summed E-state index contributed by atoms with van der Waals surface area (Å²) < 4.78 is 26.8. The van der Waals surface area contributed by atoms with E-state index in [1.807, 2.05) is 6.92 Å². The van der Waals surface area contributed by atoms with Gasteiger partial charge in [-0.2, -0.15) is 0 Å². The molecule has 2 rings (SSSR count). The van der Waals surface area contributed by atoms with E-state index in [1.54, 1.807) is 0 Å². The van der Waals surface area contributed by atoms with Gasteiger partial charge >= 0.3 is 0 Å². The molecule has 0 atom stereocenters. The lowest BCUT2D eigenvalue weighted by Crippen LogP contribution is -2.24. The molecule has 5 nitrogen and oxygen atoms in total. The average Bonchev–Trinajstić information content (AvgIpc) is 2.53. The molecule has 0 fully saturated rings. The lowest BCUT2D eigenvalue weighted by molar-refractivity contribution is -0.118. The Morgan fingerprint density at radius 2 is 1.90 bits per heavy atom. The lowest BCUT2D eigenvalue weighted by atomic mass is 10.2. The third kappa shape index (κ3) is 3.36. The van der Waals surface area contributed by atoms with Gasteiger partial charge in [-0.3, -0.25) is 9.59 Å². The summed E-state index contributed by atoms with van der Waals surface area (Å²) in [5.74, 6) is -3.26. The van der Waals surface area contributed by atoms with E-state index in [-0.39, 0.29) is 16.9 Å². The van der Waals surface area contributed by atoms with E-state index in [0.717, 1.165) is 18.9 Å². The van der Waals surface area contributed by atoms with Crippen molar-refractivity contribution in [3.05, 3.63) is 35.5 Å². The smallest absolute Gasteiger partial charge is 0.262 e. The fraction of sp³-hybridized carbons (Fsp3) is 0.286. The maximum absolute atomic E-state index is 13.7. The van der Waals surface area contributed by atoms with Crippen LogP contribution in [0.5, 0.6) is 0 Å². The van der Waals surface area contributed by atoms with Crippen LogP contribution in [0, 0.1) is 11.6 Å². The molecule has 0 bridgehead atoms.